The summed E-state index contributed by atoms with van der Waals surface area (Å²) >= 11 is 1.42. The standard InChI is InChI=1S/C16H18N2O4S.CH5O4P/c1-16(2)12(15(21)22)18-13(20)11(14(18)23-16)17-10(19)8-9-6-4-3-5-7-9;1-5-6(2,3)4/h3-7,11-12,14H,8H2,1-2H3,(H,17,19)(H,21,22);1H3,(H2,2,3,4)/t11-,12+,14-;/m1./s1. The molecule has 4 N–H and O–H groups in total. The molecular formula is C17H23N2O8PS. The van der Waals surface area contributed by atoms with Crippen LogP contribution in [0.15, 0.2) is 30.3 Å². The van der Waals surface area contributed by atoms with Gasteiger partial charge in [0.05, 0.1) is 6.42 Å². The summed E-state index contributed by atoms with van der Waals surface area (Å²) in [4.78, 5) is 52.6. The van der Waals surface area contributed by atoms with Gasteiger partial charge in [-0.1, -0.05) is 30.3 Å². The summed E-state index contributed by atoms with van der Waals surface area (Å²) in [7, 11) is -3.20. The van der Waals surface area contributed by atoms with Crippen molar-refractivity contribution < 1.29 is 38.4 Å². The van der Waals surface area contributed by atoms with Crippen molar-refractivity contribution in [2.24, 2.45) is 0 Å². The third kappa shape index (κ3) is 5.58. The Morgan fingerprint density at radius 2 is 1.83 bits per heavy atom. The number of hydrogen-bond acceptors (Lipinski definition) is 6. The van der Waals surface area contributed by atoms with Crippen molar-refractivity contribution in [1.82, 2.24) is 10.2 Å². The molecule has 1 aromatic rings. The van der Waals surface area contributed by atoms with Crippen molar-refractivity contribution in [2.75, 3.05) is 7.11 Å². The fraction of sp³-hybridized carbons (Fsp3) is 0.471. The summed E-state index contributed by atoms with van der Waals surface area (Å²) in [6, 6.07) is 7.78. The molecule has 0 radical (unpaired) electrons. The normalized spacial score (nSPS) is 24.7. The number of nitrogens with one attached hydrogen (secondary N) is 1. The molecule has 2 saturated heterocycles. The van der Waals surface area contributed by atoms with E-state index in [9.17, 15) is 24.1 Å². The number of phosphoric ester groups is 1. The predicted octanol–water partition coefficient (Wildman–Crippen LogP) is 0.586. The first-order valence-electron chi connectivity index (χ1n) is 8.55. The van der Waals surface area contributed by atoms with Crippen molar-refractivity contribution in [3.63, 3.8) is 0 Å². The molecule has 0 bridgehead atoms. The van der Waals surface area contributed by atoms with Crippen LogP contribution >= 0.6 is 19.6 Å². The highest BCUT2D eigenvalue weighted by Crippen LogP contribution is 2.50. The third-order valence-corrected chi connectivity index (χ3v) is 6.48. The van der Waals surface area contributed by atoms with Crippen molar-refractivity contribution in [2.45, 2.75) is 42.5 Å². The number of fused-ring (bicyclic) bond motifs is 1. The molecule has 10 nitrogen and oxygen atoms in total. The molecule has 2 fully saturated rings. The van der Waals surface area contributed by atoms with Gasteiger partial charge in [-0.25, -0.2) is 9.36 Å². The summed E-state index contributed by atoms with van der Waals surface area (Å²) in [5, 5.41) is 11.8. The molecule has 0 spiro atoms. The Kier molecular flexibility index (Phi) is 7.13. The van der Waals surface area contributed by atoms with Crippen molar-refractivity contribution >= 4 is 37.4 Å². The van der Waals surface area contributed by atoms with Crippen LogP contribution in [0.3, 0.4) is 0 Å². The highest BCUT2D eigenvalue weighted by Gasteiger charge is 2.64. The molecular weight excluding hydrogens is 423 g/mol. The van der Waals surface area contributed by atoms with Gasteiger partial charge in [-0.05, 0) is 19.4 Å². The zero-order valence-corrected chi connectivity index (χ0v) is 17.7. The van der Waals surface area contributed by atoms with E-state index in [0.29, 0.717) is 0 Å². The predicted molar refractivity (Wildman–Crippen MR) is 105 cm³/mol. The van der Waals surface area contributed by atoms with Crippen LogP contribution in [-0.2, 0) is 29.9 Å². The Morgan fingerprint density at radius 1 is 1.28 bits per heavy atom. The first-order valence-corrected chi connectivity index (χ1v) is 11.0. The maximum absolute atomic E-state index is 12.3. The van der Waals surface area contributed by atoms with Gasteiger partial charge in [-0.2, -0.15) is 0 Å². The molecule has 2 aliphatic heterocycles. The largest absolute Gasteiger partial charge is 0.480 e. The molecule has 0 unspecified atom stereocenters. The lowest BCUT2D eigenvalue weighted by Gasteiger charge is -2.43. The lowest BCUT2D eigenvalue weighted by atomic mass is 9.96. The molecule has 12 heteroatoms. The number of carboxylic acids is 1. The summed E-state index contributed by atoms with van der Waals surface area (Å²) in [6.07, 6.45) is 0.202. The minimum atomic E-state index is -4.15. The Morgan fingerprint density at radius 3 is 2.31 bits per heavy atom. The van der Waals surface area contributed by atoms with Gasteiger partial charge < -0.3 is 25.1 Å². The smallest absolute Gasteiger partial charge is 0.469 e. The Hall–Kier alpha value is -1.91. The SMILES string of the molecule is CC1(C)S[C@@H]2[C@H](NC(=O)Cc3ccccc3)C(=O)N2[C@H]1C(=O)O.COP(=O)(O)O. The van der Waals surface area contributed by atoms with E-state index in [0.717, 1.165) is 12.7 Å². The summed E-state index contributed by atoms with van der Waals surface area (Å²) in [5.41, 5.74) is 0.872. The summed E-state index contributed by atoms with van der Waals surface area (Å²) in [5.74, 6) is -1.55. The average Bonchev–Trinajstić information content (AvgIpc) is 2.89. The number of amides is 2. The highest BCUT2D eigenvalue weighted by atomic mass is 32.2. The van der Waals surface area contributed by atoms with Crippen LogP contribution < -0.4 is 5.32 Å². The molecule has 0 aliphatic carbocycles. The average molecular weight is 446 g/mol. The van der Waals surface area contributed by atoms with E-state index in [1.165, 1.54) is 16.7 Å². The quantitative estimate of drug-likeness (QED) is 0.376. The fourth-order valence-electron chi connectivity index (χ4n) is 3.15. The number of aliphatic carboxylic acids is 1. The maximum Gasteiger partial charge on any atom is 0.469 e. The number of thioether (sulfide) groups is 1. The van der Waals surface area contributed by atoms with E-state index >= 15 is 0 Å². The number of nitrogens with zero attached hydrogens (tertiary/aromatic N) is 1. The van der Waals surface area contributed by atoms with Gasteiger partial charge in [0.2, 0.25) is 11.8 Å². The molecule has 2 aliphatic rings. The highest BCUT2D eigenvalue weighted by molar-refractivity contribution is 8.01. The second-order valence-electron chi connectivity index (χ2n) is 6.98. The van der Waals surface area contributed by atoms with E-state index in [-0.39, 0.29) is 23.6 Å². The zero-order chi connectivity index (χ0) is 22.0. The van der Waals surface area contributed by atoms with Gasteiger partial charge in [0.1, 0.15) is 17.5 Å². The second-order valence-corrected chi connectivity index (χ2v) is 10.1. The number of carbonyl (C=O) groups is 3. The van der Waals surface area contributed by atoms with Gasteiger partial charge in [-0.15, -0.1) is 11.8 Å². The van der Waals surface area contributed by atoms with Crippen molar-refractivity contribution in [3.8, 4) is 0 Å². The minimum absolute atomic E-state index is 0.202. The Labute approximate surface area is 171 Å². The molecule has 29 heavy (non-hydrogen) atoms. The number of phosphoric acid groups is 1. The number of hydrogen-bond donors (Lipinski definition) is 4. The lowest BCUT2D eigenvalue weighted by molar-refractivity contribution is -0.161. The number of carbonyl (C=O) groups excluding carboxylic acids is 2. The van der Waals surface area contributed by atoms with E-state index in [1.807, 2.05) is 44.2 Å². The van der Waals surface area contributed by atoms with Gasteiger partial charge >= 0.3 is 13.8 Å². The lowest BCUT2D eigenvalue weighted by Crippen LogP contribution is -2.70. The molecule has 160 valence electrons. The first kappa shape index (κ1) is 23.4. The van der Waals surface area contributed by atoms with Crippen LogP contribution in [0.25, 0.3) is 0 Å². The van der Waals surface area contributed by atoms with Crippen molar-refractivity contribution in [3.05, 3.63) is 35.9 Å². The molecule has 0 saturated carbocycles. The second kappa shape index (κ2) is 8.85. The number of β-lactam (4-membered cyclic amide) rings is 1. The number of carboxylic acid groups (broad SMARTS) is 1. The van der Waals surface area contributed by atoms with E-state index < -0.39 is 30.6 Å². The van der Waals surface area contributed by atoms with Crippen LogP contribution in [0.2, 0.25) is 0 Å². The molecule has 3 rings (SSSR count). The fourth-order valence-corrected chi connectivity index (χ4v) is 4.78. The van der Waals surface area contributed by atoms with E-state index in [2.05, 4.69) is 9.84 Å². The first-order chi connectivity index (χ1) is 13.4. The number of rotatable bonds is 5. The molecule has 3 atom stereocenters. The zero-order valence-electron chi connectivity index (χ0n) is 16.0. The van der Waals surface area contributed by atoms with E-state index in [4.69, 9.17) is 9.79 Å². The summed E-state index contributed by atoms with van der Waals surface area (Å²) in [6.45, 7) is 3.62. The van der Waals surface area contributed by atoms with Gasteiger partial charge in [0.15, 0.2) is 0 Å². The third-order valence-electron chi connectivity index (χ3n) is 4.44. The topological polar surface area (TPSA) is 153 Å². The van der Waals surface area contributed by atoms with Gasteiger partial charge in [0.25, 0.3) is 0 Å². The van der Waals surface area contributed by atoms with Crippen LogP contribution in [-0.4, -0.2) is 66.9 Å². The van der Waals surface area contributed by atoms with Gasteiger partial charge in [-0.3, -0.25) is 14.1 Å². The Balaban J connectivity index is 0.000000438. The van der Waals surface area contributed by atoms with E-state index in [1.54, 1.807) is 0 Å². The molecule has 1 aromatic carbocycles. The monoisotopic (exact) mass is 446 g/mol. The Bertz CT molecular complexity index is 828. The maximum atomic E-state index is 12.3. The van der Waals surface area contributed by atoms with Crippen LogP contribution in [0, 0.1) is 0 Å². The molecule has 2 heterocycles. The number of benzene rings is 1. The van der Waals surface area contributed by atoms with Crippen LogP contribution in [0.4, 0.5) is 0 Å². The summed E-state index contributed by atoms with van der Waals surface area (Å²) < 4.78 is 12.5. The van der Waals surface area contributed by atoms with Crippen LogP contribution in [0.1, 0.15) is 19.4 Å². The molecule has 0 aromatic heterocycles. The van der Waals surface area contributed by atoms with Crippen molar-refractivity contribution in [1.29, 1.82) is 0 Å². The van der Waals surface area contributed by atoms with Crippen LogP contribution in [0.5, 0.6) is 0 Å². The van der Waals surface area contributed by atoms with Gasteiger partial charge in [0, 0.05) is 11.9 Å². The minimum Gasteiger partial charge on any atom is -0.480 e. The molecule has 2 amide bonds.